The van der Waals surface area contributed by atoms with Crippen molar-refractivity contribution in [3.8, 4) is 0 Å². The van der Waals surface area contributed by atoms with Gasteiger partial charge >= 0.3 is 0 Å². The largest absolute Gasteiger partial charge is 0.352 e. The average molecular weight is 339 g/mol. The van der Waals surface area contributed by atoms with E-state index in [1.165, 1.54) is 6.07 Å². The van der Waals surface area contributed by atoms with Gasteiger partial charge in [0.1, 0.15) is 17.2 Å². The summed E-state index contributed by atoms with van der Waals surface area (Å²) < 4.78 is 27.0. The zero-order valence-corrected chi connectivity index (χ0v) is 14.0. The molecule has 7 heteroatoms. The Morgan fingerprint density at radius 2 is 1.96 bits per heavy atom. The zero-order chi connectivity index (χ0) is 17.7. The molecule has 1 saturated heterocycles. The quantitative estimate of drug-likeness (QED) is 0.802. The van der Waals surface area contributed by atoms with Crippen LogP contribution in [0.2, 0.25) is 0 Å². The van der Waals surface area contributed by atoms with Crippen LogP contribution < -0.4 is 5.32 Å². The maximum atomic E-state index is 13.5. The topological polar surface area (TPSA) is 52.7 Å². The van der Waals surface area contributed by atoms with E-state index in [0.717, 1.165) is 31.5 Å². The first-order chi connectivity index (χ1) is 11.4. The number of rotatable bonds is 6. The van der Waals surface area contributed by atoms with Crippen LogP contribution in [-0.2, 0) is 4.79 Å². The summed E-state index contributed by atoms with van der Waals surface area (Å²) in [6.07, 6.45) is 2.42. The van der Waals surface area contributed by atoms with E-state index in [1.807, 2.05) is 0 Å². The van der Waals surface area contributed by atoms with Gasteiger partial charge in [-0.25, -0.2) is 8.78 Å². The lowest BCUT2D eigenvalue weighted by atomic mass is 10.2. The van der Waals surface area contributed by atoms with E-state index in [1.54, 1.807) is 19.0 Å². The summed E-state index contributed by atoms with van der Waals surface area (Å²) in [6, 6.07) is 3.22. The molecule has 0 unspecified atom stereocenters. The number of amides is 2. The molecule has 0 bridgehead atoms. The van der Waals surface area contributed by atoms with Crippen molar-refractivity contribution in [1.29, 1.82) is 0 Å². The summed E-state index contributed by atoms with van der Waals surface area (Å²) in [5, 5.41) is 2.53. The third kappa shape index (κ3) is 4.29. The summed E-state index contributed by atoms with van der Waals surface area (Å²) >= 11 is 0. The van der Waals surface area contributed by atoms with Gasteiger partial charge in [-0.1, -0.05) is 6.07 Å². The van der Waals surface area contributed by atoms with Crippen molar-refractivity contribution in [2.45, 2.75) is 25.3 Å². The highest BCUT2D eigenvalue weighted by atomic mass is 19.1. The molecule has 1 aliphatic rings. The third-order valence-electron chi connectivity index (χ3n) is 4.19. The number of likely N-dealkylation sites (tertiary alicyclic amines) is 1. The Hall–Kier alpha value is -2.02. The van der Waals surface area contributed by atoms with Gasteiger partial charge < -0.3 is 10.2 Å². The molecular formula is C17H23F2N3O2. The van der Waals surface area contributed by atoms with Crippen molar-refractivity contribution in [3.63, 3.8) is 0 Å². The molecule has 0 radical (unpaired) electrons. The maximum Gasteiger partial charge on any atom is 0.257 e. The van der Waals surface area contributed by atoms with Gasteiger partial charge in [-0.15, -0.1) is 0 Å². The lowest BCUT2D eigenvalue weighted by Gasteiger charge is -2.26. The van der Waals surface area contributed by atoms with Gasteiger partial charge in [0.2, 0.25) is 5.91 Å². The number of carbonyl (C=O) groups is 2. The minimum atomic E-state index is -0.872. The summed E-state index contributed by atoms with van der Waals surface area (Å²) in [6.45, 7) is 1.80. The van der Waals surface area contributed by atoms with E-state index < -0.39 is 23.1 Å². The predicted octanol–water partition coefficient (Wildman–Crippen LogP) is 1.64. The van der Waals surface area contributed by atoms with Gasteiger partial charge in [0.15, 0.2) is 0 Å². The molecule has 2 amide bonds. The van der Waals surface area contributed by atoms with Crippen LogP contribution in [0.1, 0.15) is 29.6 Å². The third-order valence-corrected chi connectivity index (χ3v) is 4.19. The molecule has 1 fully saturated rings. The standard InChI is InChI=1S/C17H23F2N3O2/c1-21(2)17(24)14-8-4-10-22(14)11-5-9-20-16(23)15-12(18)6-3-7-13(15)19/h3,6-7,14H,4-5,8-11H2,1-2H3,(H,20,23)/t14-/m1/s1. The fourth-order valence-electron chi connectivity index (χ4n) is 2.96. The second-order valence-electron chi connectivity index (χ2n) is 6.13. The Kier molecular flexibility index (Phi) is 6.25. The Labute approximate surface area is 140 Å². The number of benzene rings is 1. The number of hydrogen-bond donors (Lipinski definition) is 1. The van der Waals surface area contributed by atoms with Crippen LogP contribution in [0, 0.1) is 11.6 Å². The summed E-state index contributed by atoms with van der Waals surface area (Å²) in [7, 11) is 3.48. The Morgan fingerprint density at radius 3 is 2.58 bits per heavy atom. The van der Waals surface area contributed by atoms with E-state index in [0.29, 0.717) is 19.5 Å². The number of nitrogens with zero attached hydrogens (tertiary/aromatic N) is 2. The molecule has 1 N–H and O–H groups in total. The molecule has 1 aliphatic heterocycles. The Bertz CT molecular complexity index is 587. The van der Waals surface area contributed by atoms with Crippen LogP contribution >= 0.6 is 0 Å². The molecular weight excluding hydrogens is 316 g/mol. The first-order valence-electron chi connectivity index (χ1n) is 8.09. The molecule has 0 spiro atoms. The predicted molar refractivity (Wildman–Crippen MR) is 86.6 cm³/mol. The van der Waals surface area contributed by atoms with Crippen molar-refractivity contribution in [1.82, 2.24) is 15.1 Å². The minimum Gasteiger partial charge on any atom is -0.352 e. The van der Waals surface area contributed by atoms with Crippen molar-refractivity contribution in [3.05, 3.63) is 35.4 Å². The van der Waals surface area contributed by atoms with Crippen molar-refractivity contribution < 1.29 is 18.4 Å². The molecule has 1 heterocycles. The van der Waals surface area contributed by atoms with Crippen LogP contribution in [-0.4, -0.2) is 61.4 Å². The van der Waals surface area contributed by atoms with Crippen molar-refractivity contribution in [2.24, 2.45) is 0 Å². The van der Waals surface area contributed by atoms with Crippen LogP contribution in [0.5, 0.6) is 0 Å². The smallest absolute Gasteiger partial charge is 0.257 e. The molecule has 1 aromatic carbocycles. The van der Waals surface area contributed by atoms with E-state index in [2.05, 4.69) is 10.2 Å². The first kappa shape index (κ1) is 18.3. The van der Waals surface area contributed by atoms with E-state index in [4.69, 9.17) is 0 Å². The van der Waals surface area contributed by atoms with E-state index in [-0.39, 0.29) is 11.9 Å². The maximum absolute atomic E-state index is 13.5. The molecule has 1 atom stereocenters. The molecule has 1 aromatic rings. The Balaban J connectivity index is 1.80. The van der Waals surface area contributed by atoms with Crippen molar-refractivity contribution >= 4 is 11.8 Å². The normalized spacial score (nSPS) is 17.8. The number of halogens is 2. The average Bonchev–Trinajstić information content (AvgIpc) is 2.98. The molecule has 2 rings (SSSR count). The molecule has 0 aliphatic carbocycles. The molecule has 5 nitrogen and oxygen atoms in total. The van der Waals surface area contributed by atoms with Gasteiger partial charge in [0, 0.05) is 27.2 Å². The fraction of sp³-hybridized carbons (Fsp3) is 0.529. The van der Waals surface area contributed by atoms with Crippen LogP contribution in [0.15, 0.2) is 18.2 Å². The number of nitrogens with one attached hydrogen (secondary N) is 1. The summed E-state index contributed by atoms with van der Waals surface area (Å²) in [5.74, 6) is -2.41. The Morgan fingerprint density at radius 1 is 1.29 bits per heavy atom. The number of carbonyl (C=O) groups excluding carboxylic acids is 2. The molecule has 0 saturated carbocycles. The van der Waals surface area contributed by atoms with Gasteiger partial charge in [-0.2, -0.15) is 0 Å². The van der Waals surface area contributed by atoms with Gasteiger partial charge in [-0.05, 0) is 37.9 Å². The minimum absolute atomic E-state index is 0.0879. The van der Waals surface area contributed by atoms with Gasteiger partial charge in [-0.3, -0.25) is 14.5 Å². The first-order valence-corrected chi connectivity index (χ1v) is 8.09. The highest BCUT2D eigenvalue weighted by Gasteiger charge is 2.31. The second-order valence-corrected chi connectivity index (χ2v) is 6.13. The van der Waals surface area contributed by atoms with Gasteiger partial charge in [0.05, 0.1) is 6.04 Å². The summed E-state index contributed by atoms with van der Waals surface area (Å²) in [4.78, 5) is 27.7. The highest BCUT2D eigenvalue weighted by Crippen LogP contribution is 2.18. The highest BCUT2D eigenvalue weighted by molar-refractivity contribution is 5.94. The van der Waals surface area contributed by atoms with Gasteiger partial charge in [0.25, 0.3) is 5.91 Å². The van der Waals surface area contributed by atoms with Crippen LogP contribution in [0.3, 0.4) is 0 Å². The SMILES string of the molecule is CN(C)C(=O)[C@H]1CCCN1CCCNC(=O)c1c(F)cccc1F. The molecule has 0 aromatic heterocycles. The monoisotopic (exact) mass is 339 g/mol. The van der Waals surface area contributed by atoms with E-state index >= 15 is 0 Å². The lowest BCUT2D eigenvalue weighted by Crippen LogP contribution is -2.43. The van der Waals surface area contributed by atoms with Crippen LogP contribution in [0.25, 0.3) is 0 Å². The summed E-state index contributed by atoms with van der Waals surface area (Å²) in [5.41, 5.74) is -0.556. The van der Waals surface area contributed by atoms with Crippen molar-refractivity contribution in [2.75, 3.05) is 33.7 Å². The number of likely N-dealkylation sites (N-methyl/N-ethyl adjacent to an activating group) is 1. The second kappa shape index (κ2) is 8.19. The van der Waals surface area contributed by atoms with E-state index in [9.17, 15) is 18.4 Å². The number of hydrogen-bond acceptors (Lipinski definition) is 3. The zero-order valence-electron chi connectivity index (χ0n) is 14.0. The molecule has 132 valence electrons. The lowest BCUT2D eigenvalue weighted by molar-refractivity contribution is -0.133. The van der Waals surface area contributed by atoms with Crippen LogP contribution in [0.4, 0.5) is 8.78 Å². The fourth-order valence-corrected chi connectivity index (χ4v) is 2.96. The molecule has 24 heavy (non-hydrogen) atoms.